The highest BCUT2D eigenvalue weighted by molar-refractivity contribution is 5.25. The fraction of sp³-hybridized carbons (Fsp3) is 0.684. The molecule has 120 valence electrons. The molecule has 2 nitrogen and oxygen atoms in total. The van der Waals surface area contributed by atoms with E-state index in [2.05, 4.69) is 64.2 Å². The average Bonchev–Trinajstić information content (AvgIpc) is 2.42. The van der Waals surface area contributed by atoms with Gasteiger partial charge in [0.2, 0.25) is 0 Å². The zero-order valence-corrected chi connectivity index (χ0v) is 14.5. The maximum atomic E-state index is 5.85. The van der Waals surface area contributed by atoms with Crippen molar-refractivity contribution in [1.29, 1.82) is 0 Å². The van der Waals surface area contributed by atoms with Crippen molar-refractivity contribution < 1.29 is 4.74 Å². The summed E-state index contributed by atoms with van der Waals surface area (Å²) in [5, 5.41) is 3.52. The van der Waals surface area contributed by atoms with Gasteiger partial charge in [-0.2, -0.15) is 0 Å². The maximum absolute atomic E-state index is 5.85. The summed E-state index contributed by atoms with van der Waals surface area (Å²) in [6, 6.07) is 9.31. The van der Waals surface area contributed by atoms with Gasteiger partial charge in [-0.25, -0.2) is 0 Å². The highest BCUT2D eigenvalue weighted by Crippen LogP contribution is 2.16. The van der Waals surface area contributed by atoms with Crippen LogP contribution in [-0.2, 0) is 11.2 Å². The lowest BCUT2D eigenvalue weighted by atomic mass is 9.99. The number of hydrogen-bond donors (Lipinski definition) is 1. The van der Waals surface area contributed by atoms with E-state index in [0.29, 0.717) is 17.9 Å². The van der Waals surface area contributed by atoms with Gasteiger partial charge in [0, 0.05) is 6.61 Å². The molecule has 1 unspecified atom stereocenters. The molecule has 0 fully saturated rings. The lowest BCUT2D eigenvalue weighted by molar-refractivity contribution is 0.103. The fourth-order valence-corrected chi connectivity index (χ4v) is 2.40. The van der Waals surface area contributed by atoms with Gasteiger partial charge in [0.1, 0.15) is 0 Å². The molecule has 0 aliphatic carbocycles. The Labute approximate surface area is 131 Å². The summed E-state index contributed by atoms with van der Waals surface area (Å²) in [6.07, 6.45) is 2.28. The lowest BCUT2D eigenvalue weighted by Gasteiger charge is -2.19. The molecular formula is C19H33NO. The van der Waals surface area contributed by atoms with Crippen LogP contribution in [0.2, 0.25) is 0 Å². The van der Waals surface area contributed by atoms with E-state index in [1.54, 1.807) is 0 Å². The first-order valence-electron chi connectivity index (χ1n) is 8.42. The van der Waals surface area contributed by atoms with Crippen LogP contribution in [0.4, 0.5) is 0 Å². The second-order valence-corrected chi connectivity index (χ2v) is 6.71. The first kappa shape index (κ1) is 18.2. The van der Waals surface area contributed by atoms with Crippen LogP contribution in [-0.4, -0.2) is 19.8 Å². The van der Waals surface area contributed by atoms with Crippen LogP contribution < -0.4 is 5.32 Å². The van der Waals surface area contributed by atoms with Crippen LogP contribution >= 0.6 is 0 Å². The molecule has 1 aromatic carbocycles. The quantitative estimate of drug-likeness (QED) is 0.636. The Bertz CT molecular complexity index is 370. The van der Waals surface area contributed by atoms with Crippen molar-refractivity contribution >= 4 is 0 Å². The summed E-state index contributed by atoms with van der Waals surface area (Å²) in [6.45, 7) is 13.7. The van der Waals surface area contributed by atoms with Gasteiger partial charge in [0.15, 0.2) is 0 Å². The molecule has 21 heavy (non-hydrogen) atoms. The van der Waals surface area contributed by atoms with Gasteiger partial charge >= 0.3 is 0 Å². The first-order chi connectivity index (χ1) is 10.0. The van der Waals surface area contributed by atoms with Gasteiger partial charge in [-0.1, -0.05) is 58.9 Å². The monoisotopic (exact) mass is 291 g/mol. The van der Waals surface area contributed by atoms with E-state index in [9.17, 15) is 0 Å². The van der Waals surface area contributed by atoms with Crippen molar-refractivity contribution in [1.82, 2.24) is 5.32 Å². The molecule has 1 aromatic rings. The van der Waals surface area contributed by atoms with E-state index in [1.165, 1.54) is 11.1 Å². The Balaban J connectivity index is 2.54. The summed E-state index contributed by atoms with van der Waals surface area (Å²) in [4.78, 5) is 0. The minimum atomic E-state index is 0.301. The molecule has 0 spiro atoms. The SMILES string of the molecule is CCNC(COCCC(C)C)c1ccc(CC(C)C)cc1. The molecule has 0 amide bonds. The van der Waals surface area contributed by atoms with Gasteiger partial charge < -0.3 is 10.1 Å². The molecule has 1 rings (SSSR count). The normalized spacial score (nSPS) is 13.1. The fourth-order valence-electron chi connectivity index (χ4n) is 2.40. The Kier molecular flexibility index (Phi) is 8.63. The van der Waals surface area contributed by atoms with Crippen LogP contribution in [0.25, 0.3) is 0 Å². The van der Waals surface area contributed by atoms with Crippen LogP contribution in [0.1, 0.15) is 58.2 Å². The third-order valence-corrected chi connectivity index (χ3v) is 3.60. The van der Waals surface area contributed by atoms with E-state index in [4.69, 9.17) is 4.74 Å². The summed E-state index contributed by atoms with van der Waals surface area (Å²) < 4.78 is 5.85. The predicted molar refractivity (Wildman–Crippen MR) is 91.7 cm³/mol. The van der Waals surface area contributed by atoms with Gasteiger partial charge in [-0.3, -0.25) is 0 Å². The van der Waals surface area contributed by atoms with Gasteiger partial charge in [0.05, 0.1) is 12.6 Å². The van der Waals surface area contributed by atoms with Crippen LogP contribution in [0.5, 0.6) is 0 Å². The van der Waals surface area contributed by atoms with Gasteiger partial charge in [-0.15, -0.1) is 0 Å². The minimum Gasteiger partial charge on any atom is -0.379 e. The topological polar surface area (TPSA) is 21.3 Å². The minimum absolute atomic E-state index is 0.301. The molecule has 0 bridgehead atoms. The summed E-state index contributed by atoms with van der Waals surface area (Å²) in [5.74, 6) is 1.41. The predicted octanol–water partition coefficient (Wildman–Crippen LogP) is 4.60. The highest BCUT2D eigenvalue weighted by Gasteiger charge is 2.10. The summed E-state index contributed by atoms with van der Waals surface area (Å²) >= 11 is 0. The third kappa shape index (κ3) is 7.63. The van der Waals surface area contributed by atoms with Crippen molar-refractivity contribution in [2.75, 3.05) is 19.8 Å². The Hall–Kier alpha value is -0.860. The number of hydrogen-bond acceptors (Lipinski definition) is 2. The lowest BCUT2D eigenvalue weighted by Crippen LogP contribution is -2.25. The third-order valence-electron chi connectivity index (χ3n) is 3.60. The molecule has 0 saturated carbocycles. The van der Waals surface area contributed by atoms with Crippen molar-refractivity contribution in [3.05, 3.63) is 35.4 Å². The highest BCUT2D eigenvalue weighted by atomic mass is 16.5. The van der Waals surface area contributed by atoms with Crippen molar-refractivity contribution in [3.8, 4) is 0 Å². The van der Waals surface area contributed by atoms with Crippen LogP contribution in [0.3, 0.4) is 0 Å². The Morgan fingerprint density at radius 1 is 1.00 bits per heavy atom. The van der Waals surface area contributed by atoms with E-state index in [1.807, 2.05) is 0 Å². The molecule has 0 aromatic heterocycles. The molecule has 0 radical (unpaired) electrons. The number of benzene rings is 1. The van der Waals surface area contributed by atoms with E-state index < -0.39 is 0 Å². The van der Waals surface area contributed by atoms with Gasteiger partial charge in [-0.05, 0) is 42.3 Å². The Morgan fingerprint density at radius 2 is 1.67 bits per heavy atom. The molecule has 0 heterocycles. The van der Waals surface area contributed by atoms with Crippen molar-refractivity contribution in [2.24, 2.45) is 11.8 Å². The molecule has 2 heteroatoms. The smallest absolute Gasteiger partial charge is 0.0661 e. The van der Waals surface area contributed by atoms with Crippen LogP contribution in [0.15, 0.2) is 24.3 Å². The second-order valence-electron chi connectivity index (χ2n) is 6.71. The number of nitrogens with one attached hydrogen (secondary N) is 1. The van der Waals surface area contributed by atoms with E-state index in [-0.39, 0.29) is 0 Å². The first-order valence-corrected chi connectivity index (χ1v) is 8.42. The summed E-state index contributed by atoms with van der Waals surface area (Å²) in [7, 11) is 0. The van der Waals surface area contributed by atoms with Crippen LogP contribution in [0, 0.1) is 11.8 Å². The number of ether oxygens (including phenoxy) is 1. The Morgan fingerprint density at radius 3 is 2.19 bits per heavy atom. The second kappa shape index (κ2) is 9.97. The standard InChI is InChI=1S/C19H33NO/c1-6-20-19(14-21-12-11-15(2)3)18-9-7-17(8-10-18)13-16(4)5/h7-10,15-16,19-20H,6,11-14H2,1-5H3. The molecular weight excluding hydrogens is 258 g/mol. The number of rotatable bonds is 10. The zero-order chi connectivity index (χ0) is 15.7. The molecule has 1 atom stereocenters. The maximum Gasteiger partial charge on any atom is 0.0661 e. The largest absolute Gasteiger partial charge is 0.379 e. The molecule has 1 N–H and O–H groups in total. The summed E-state index contributed by atoms with van der Waals surface area (Å²) in [5.41, 5.74) is 2.75. The molecule has 0 aliphatic heterocycles. The van der Waals surface area contributed by atoms with Gasteiger partial charge in [0.25, 0.3) is 0 Å². The average molecular weight is 291 g/mol. The van der Waals surface area contributed by atoms with E-state index in [0.717, 1.165) is 32.6 Å². The van der Waals surface area contributed by atoms with Crippen molar-refractivity contribution in [2.45, 2.75) is 53.5 Å². The molecule has 0 saturated heterocycles. The number of likely N-dealkylation sites (N-methyl/N-ethyl adjacent to an activating group) is 1. The van der Waals surface area contributed by atoms with Crippen molar-refractivity contribution in [3.63, 3.8) is 0 Å². The molecule has 0 aliphatic rings. The zero-order valence-electron chi connectivity index (χ0n) is 14.5. The van der Waals surface area contributed by atoms with E-state index >= 15 is 0 Å².